The summed E-state index contributed by atoms with van der Waals surface area (Å²) in [6, 6.07) is 79.0. The second-order valence-corrected chi connectivity index (χ2v) is 14.8. The molecule has 0 radical (unpaired) electrons. The number of fused-ring (bicyclic) bond motifs is 5. The molecule has 0 aliphatic carbocycles. The zero-order valence-corrected chi connectivity index (χ0v) is 31.2. The molecule has 10 aromatic carbocycles. The Morgan fingerprint density at radius 2 is 0.649 bits per heavy atom. The third-order valence-corrected chi connectivity index (χ3v) is 11.5. The van der Waals surface area contributed by atoms with E-state index in [-0.39, 0.29) is 0 Å². The Kier molecular flexibility index (Phi) is 7.89. The van der Waals surface area contributed by atoms with Crippen LogP contribution in [0.5, 0.6) is 0 Å². The first kappa shape index (κ1) is 32.9. The maximum absolute atomic E-state index is 6.49. The Morgan fingerprint density at radius 1 is 0.228 bits per heavy atom. The molecular weight excluding hydrogens is 689 g/mol. The Balaban J connectivity index is 1.08. The zero-order valence-electron chi connectivity index (χ0n) is 31.2. The second kappa shape index (κ2) is 13.7. The fraction of sp³-hybridized carbons (Fsp3) is 0. The van der Waals surface area contributed by atoms with Gasteiger partial charge >= 0.3 is 0 Å². The van der Waals surface area contributed by atoms with Gasteiger partial charge in [0.05, 0.1) is 0 Å². The van der Waals surface area contributed by atoms with Gasteiger partial charge in [-0.3, -0.25) is 0 Å². The Bertz CT molecular complexity index is 3150. The van der Waals surface area contributed by atoms with Gasteiger partial charge < -0.3 is 4.42 Å². The van der Waals surface area contributed by atoms with Gasteiger partial charge in [0.1, 0.15) is 11.2 Å². The van der Waals surface area contributed by atoms with Crippen LogP contribution in [0.4, 0.5) is 0 Å². The number of rotatable bonds is 6. The van der Waals surface area contributed by atoms with Crippen LogP contribution in [-0.4, -0.2) is 0 Å². The quantitative estimate of drug-likeness (QED) is 0.156. The molecule has 11 rings (SSSR count). The van der Waals surface area contributed by atoms with Crippen molar-refractivity contribution in [3.05, 3.63) is 218 Å². The summed E-state index contributed by atoms with van der Waals surface area (Å²) in [6.07, 6.45) is 0. The molecule has 1 nitrogen and oxygen atoms in total. The second-order valence-electron chi connectivity index (χ2n) is 14.8. The molecule has 1 heterocycles. The average Bonchev–Trinajstić information content (AvgIpc) is 3.68. The van der Waals surface area contributed by atoms with Crippen molar-refractivity contribution < 1.29 is 4.42 Å². The van der Waals surface area contributed by atoms with E-state index < -0.39 is 0 Å². The van der Waals surface area contributed by atoms with Gasteiger partial charge in [0.15, 0.2) is 0 Å². The number of para-hydroxylation sites is 2. The minimum absolute atomic E-state index is 0.910. The van der Waals surface area contributed by atoms with E-state index in [1.165, 1.54) is 77.2 Å². The van der Waals surface area contributed by atoms with Gasteiger partial charge in [0.25, 0.3) is 0 Å². The predicted molar refractivity (Wildman–Crippen MR) is 241 cm³/mol. The average molecular weight is 725 g/mol. The molecule has 11 aromatic rings. The smallest absolute Gasteiger partial charge is 0.143 e. The first-order valence-corrected chi connectivity index (χ1v) is 19.6. The van der Waals surface area contributed by atoms with Gasteiger partial charge in [0, 0.05) is 16.3 Å². The summed E-state index contributed by atoms with van der Waals surface area (Å²) in [5.74, 6) is 0. The van der Waals surface area contributed by atoms with Crippen molar-refractivity contribution in [2.24, 2.45) is 0 Å². The van der Waals surface area contributed by atoms with Crippen LogP contribution in [0.3, 0.4) is 0 Å². The molecule has 0 saturated heterocycles. The highest BCUT2D eigenvalue weighted by molar-refractivity contribution is 6.21. The molecular formula is C56H36O. The first-order valence-electron chi connectivity index (χ1n) is 19.6. The van der Waals surface area contributed by atoms with Crippen LogP contribution in [-0.2, 0) is 0 Å². The lowest BCUT2D eigenvalue weighted by atomic mass is 9.84. The first-order chi connectivity index (χ1) is 28.3. The van der Waals surface area contributed by atoms with Crippen LogP contribution in [0, 0.1) is 0 Å². The van der Waals surface area contributed by atoms with Crippen molar-refractivity contribution in [2.75, 3.05) is 0 Å². The standard InChI is InChI=1S/C56H36O/c1-3-16-37(17-4-1)41-34-42(38-18-5-2-6-19-38)36-43(35-41)55-49-25-11-9-23-47(49)54(48-24-10-12-26-50(48)55)40-32-30-39(31-33-40)44-20-7-8-21-45(44)51-27-15-28-52-46-22-13-14-29-53(46)57-56(51)52/h1-36H. The summed E-state index contributed by atoms with van der Waals surface area (Å²) >= 11 is 0. The lowest BCUT2D eigenvalue weighted by Gasteiger charge is -2.19. The third kappa shape index (κ3) is 5.63. The molecule has 57 heavy (non-hydrogen) atoms. The Hall–Kier alpha value is -7.48. The fourth-order valence-corrected chi connectivity index (χ4v) is 8.86. The van der Waals surface area contributed by atoms with E-state index in [4.69, 9.17) is 4.42 Å². The van der Waals surface area contributed by atoms with Crippen molar-refractivity contribution in [1.29, 1.82) is 0 Å². The molecule has 0 N–H and O–H groups in total. The molecule has 0 fully saturated rings. The van der Waals surface area contributed by atoms with E-state index in [1.807, 2.05) is 12.1 Å². The molecule has 0 aliphatic heterocycles. The summed E-state index contributed by atoms with van der Waals surface area (Å²) in [5.41, 5.74) is 16.2. The number of benzene rings is 10. The lowest BCUT2D eigenvalue weighted by molar-refractivity contribution is 0.670. The molecule has 266 valence electrons. The third-order valence-electron chi connectivity index (χ3n) is 11.5. The van der Waals surface area contributed by atoms with E-state index in [0.717, 1.165) is 33.1 Å². The molecule has 0 saturated carbocycles. The van der Waals surface area contributed by atoms with Crippen molar-refractivity contribution in [2.45, 2.75) is 0 Å². The van der Waals surface area contributed by atoms with Crippen molar-refractivity contribution in [3.8, 4) is 66.8 Å². The van der Waals surface area contributed by atoms with Crippen LogP contribution in [0.25, 0.3) is 110 Å². The fourth-order valence-electron chi connectivity index (χ4n) is 8.86. The van der Waals surface area contributed by atoms with E-state index >= 15 is 0 Å². The zero-order chi connectivity index (χ0) is 37.7. The van der Waals surface area contributed by atoms with Gasteiger partial charge in [-0.1, -0.05) is 194 Å². The van der Waals surface area contributed by atoms with Gasteiger partial charge in [-0.15, -0.1) is 0 Å². The van der Waals surface area contributed by atoms with E-state index in [9.17, 15) is 0 Å². The molecule has 1 aromatic heterocycles. The normalized spacial score (nSPS) is 11.5. The molecule has 1 heteroatoms. The minimum Gasteiger partial charge on any atom is -0.455 e. The topological polar surface area (TPSA) is 13.1 Å². The molecule has 0 bridgehead atoms. The van der Waals surface area contributed by atoms with Crippen molar-refractivity contribution >= 4 is 43.5 Å². The van der Waals surface area contributed by atoms with E-state index in [2.05, 4.69) is 206 Å². The minimum atomic E-state index is 0.910. The van der Waals surface area contributed by atoms with Crippen LogP contribution in [0.15, 0.2) is 223 Å². The van der Waals surface area contributed by atoms with Crippen LogP contribution in [0.1, 0.15) is 0 Å². The highest BCUT2D eigenvalue weighted by atomic mass is 16.3. The molecule has 0 unspecified atom stereocenters. The van der Waals surface area contributed by atoms with Gasteiger partial charge in [-0.25, -0.2) is 0 Å². The lowest BCUT2D eigenvalue weighted by Crippen LogP contribution is -1.92. The maximum atomic E-state index is 6.49. The molecule has 0 aliphatic rings. The van der Waals surface area contributed by atoms with Gasteiger partial charge in [0.2, 0.25) is 0 Å². The largest absolute Gasteiger partial charge is 0.455 e. The van der Waals surface area contributed by atoms with Crippen LogP contribution < -0.4 is 0 Å². The van der Waals surface area contributed by atoms with E-state index in [0.29, 0.717) is 0 Å². The summed E-state index contributed by atoms with van der Waals surface area (Å²) in [6.45, 7) is 0. The monoisotopic (exact) mass is 724 g/mol. The van der Waals surface area contributed by atoms with Gasteiger partial charge in [-0.2, -0.15) is 0 Å². The van der Waals surface area contributed by atoms with Crippen LogP contribution >= 0.6 is 0 Å². The Morgan fingerprint density at radius 3 is 1.25 bits per heavy atom. The van der Waals surface area contributed by atoms with E-state index in [1.54, 1.807) is 0 Å². The SMILES string of the molecule is c1ccc(-c2cc(-c3ccccc3)cc(-c3c4ccccc4c(-c4ccc(-c5ccccc5-c5cccc6c5oc5ccccc56)cc4)c4ccccc34)c2)cc1. The Labute approximate surface area is 331 Å². The number of furan rings is 1. The number of hydrogen-bond donors (Lipinski definition) is 0. The highest BCUT2D eigenvalue weighted by Gasteiger charge is 2.19. The predicted octanol–water partition coefficient (Wildman–Crippen LogP) is 15.9. The van der Waals surface area contributed by atoms with Crippen LogP contribution in [0.2, 0.25) is 0 Å². The number of hydrogen-bond acceptors (Lipinski definition) is 1. The summed E-state index contributed by atoms with van der Waals surface area (Å²) in [4.78, 5) is 0. The highest BCUT2D eigenvalue weighted by Crippen LogP contribution is 2.46. The molecule has 0 amide bonds. The molecule has 0 atom stereocenters. The summed E-state index contributed by atoms with van der Waals surface area (Å²) in [7, 11) is 0. The van der Waals surface area contributed by atoms with Crippen molar-refractivity contribution in [3.63, 3.8) is 0 Å². The maximum Gasteiger partial charge on any atom is 0.143 e. The summed E-state index contributed by atoms with van der Waals surface area (Å²) in [5, 5.41) is 7.23. The summed E-state index contributed by atoms with van der Waals surface area (Å²) < 4.78 is 6.49. The molecule has 0 spiro atoms. The van der Waals surface area contributed by atoms with Gasteiger partial charge in [-0.05, 0) is 107 Å². The van der Waals surface area contributed by atoms with Crippen molar-refractivity contribution in [1.82, 2.24) is 0 Å².